The zero-order chi connectivity index (χ0) is 23.5. The van der Waals surface area contributed by atoms with E-state index in [1.807, 2.05) is 36.4 Å². The molecule has 0 heterocycles. The lowest BCUT2D eigenvalue weighted by Gasteiger charge is -2.15. The molecule has 0 N–H and O–H groups in total. The van der Waals surface area contributed by atoms with Crippen LogP contribution >= 0.6 is 0 Å². The van der Waals surface area contributed by atoms with Crippen LogP contribution in [0.15, 0.2) is 66.8 Å². The van der Waals surface area contributed by atoms with Crippen LogP contribution in [0.1, 0.15) is 13.8 Å². The quantitative estimate of drug-likeness (QED) is 0.276. The molecular weight excluding hydrogens is 412 g/mol. The molecule has 0 saturated carbocycles. The van der Waals surface area contributed by atoms with Crippen molar-refractivity contribution in [2.24, 2.45) is 0 Å². The van der Waals surface area contributed by atoms with Crippen molar-refractivity contribution in [1.82, 2.24) is 0 Å². The molecule has 0 radical (unpaired) electrons. The highest BCUT2D eigenvalue weighted by molar-refractivity contribution is 5.87. The van der Waals surface area contributed by atoms with Gasteiger partial charge in [0.25, 0.3) is 0 Å². The van der Waals surface area contributed by atoms with Crippen LogP contribution in [0.5, 0.6) is 17.2 Å². The van der Waals surface area contributed by atoms with E-state index in [4.69, 9.17) is 23.7 Å². The van der Waals surface area contributed by atoms with Crippen molar-refractivity contribution in [3.8, 4) is 28.4 Å². The predicted octanol–water partition coefficient (Wildman–Crippen LogP) is 4.36. The molecule has 0 aliphatic heterocycles. The molecule has 2 rings (SSSR count). The van der Waals surface area contributed by atoms with Crippen molar-refractivity contribution >= 4 is 11.9 Å². The third kappa shape index (κ3) is 7.50. The summed E-state index contributed by atoms with van der Waals surface area (Å²) in [5.74, 6) is 0.750. The molecule has 2 aromatic carbocycles. The van der Waals surface area contributed by atoms with E-state index < -0.39 is 11.9 Å². The van der Waals surface area contributed by atoms with Crippen LogP contribution in [0.3, 0.4) is 0 Å². The molecule has 2 aromatic rings. The second-order valence-corrected chi connectivity index (χ2v) is 6.92. The number of esters is 2. The summed E-state index contributed by atoms with van der Waals surface area (Å²) in [5.41, 5.74) is 2.51. The number of carbonyl (C=O) groups is 2. The van der Waals surface area contributed by atoms with Gasteiger partial charge in [-0.1, -0.05) is 31.4 Å². The van der Waals surface area contributed by atoms with E-state index in [1.165, 1.54) is 0 Å². The fourth-order valence-corrected chi connectivity index (χ4v) is 2.52. The van der Waals surface area contributed by atoms with Crippen molar-refractivity contribution in [2.75, 3.05) is 33.5 Å². The Balaban J connectivity index is 2.09. The van der Waals surface area contributed by atoms with E-state index in [9.17, 15) is 9.59 Å². The zero-order valence-electron chi connectivity index (χ0n) is 18.6. The Hall–Kier alpha value is -3.74. The molecule has 7 heteroatoms. The smallest absolute Gasteiger partial charge is 0.333 e. The van der Waals surface area contributed by atoms with Crippen molar-refractivity contribution in [3.05, 3.63) is 66.8 Å². The summed E-state index contributed by atoms with van der Waals surface area (Å²) in [4.78, 5) is 23.0. The van der Waals surface area contributed by atoms with Crippen molar-refractivity contribution in [3.63, 3.8) is 0 Å². The molecule has 0 spiro atoms. The second-order valence-electron chi connectivity index (χ2n) is 6.92. The normalized spacial score (nSPS) is 10.1. The molecule has 0 amide bonds. The van der Waals surface area contributed by atoms with Gasteiger partial charge < -0.3 is 23.7 Å². The van der Waals surface area contributed by atoms with Gasteiger partial charge in [-0.25, -0.2) is 9.59 Å². The number of rotatable bonds is 12. The Morgan fingerprint density at radius 2 is 1.22 bits per heavy atom. The number of carbonyl (C=O) groups excluding carboxylic acids is 2. The lowest BCUT2D eigenvalue weighted by atomic mass is 10.1. The molecular formula is C25H28O7. The summed E-state index contributed by atoms with van der Waals surface area (Å²) in [5, 5.41) is 0. The van der Waals surface area contributed by atoms with E-state index in [2.05, 4.69) is 13.2 Å². The van der Waals surface area contributed by atoms with Gasteiger partial charge in [0, 0.05) is 11.1 Å². The maximum absolute atomic E-state index is 11.5. The topological polar surface area (TPSA) is 80.3 Å². The van der Waals surface area contributed by atoms with E-state index >= 15 is 0 Å². The third-order valence-electron chi connectivity index (χ3n) is 4.21. The SMILES string of the molecule is C=C(C)C(=O)OCCOc1ccc(-c2ccc(OC)cc2)cc1OCCOC(=O)C(=C)C. The van der Waals surface area contributed by atoms with E-state index in [0.717, 1.165) is 16.9 Å². The Labute approximate surface area is 188 Å². The summed E-state index contributed by atoms with van der Waals surface area (Å²) in [7, 11) is 1.61. The fraction of sp³-hybridized carbons (Fsp3) is 0.280. The van der Waals surface area contributed by atoms with Gasteiger partial charge in [0.1, 0.15) is 32.2 Å². The molecule has 0 aliphatic rings. The Morgan fingerprint density at radius 1 is 0.719 bits per heavy atom. The Morgan fingerprint density at radius 3 is 1.72 bits per heavy atom. The number of methoxy groups -OCH3 is 1. The minimum atomic E-state index is -0.476. The third-order valence-corrected chi connectivity index (χ3v) is 4.21. The summed E-state index contributed by atoms with van der Waals surface area (Å²) >= 11 is 0. The van der Waals surface area contributed by atoms with E-state index in [-0.39, 0.29) is 26.4 Å². The first-order valence-corrected chi connectivity index (χ1v) is 10.0. The molecule has 0 aromatic heterocycles. The molecule has 0 saturated heterocycles. The Bertz CT molecular complexity index is 961. The summed E-state index contributed by atoms with van der Waals surface area (Å²) < 4.78 is 26.9. The molecule has 0 bridgehead atoms. The van der Waals surface area contributed by atoms with Crippen LogP contribution in [0.25, 0.3) is 11.1 Å². The summed E-state index contributed by atoms with van der Waals surface area (Å²) in [6, 6.07) is 13.1. The highest BCUT2D eigenvalue weighted by atomic mass is 16.6. The summed E-state index contributed by atoms with van der Waals surface area (Å²) in [6.07, 6.45) is 0. The highest BCUT2D eigenvalue weighted by Gasteiger charge is 2.11. The van der Waals surface area contributed by atoms with Crippen LogP contribution in [-0.2, 0) is 19.1 Å². The van der Waals surface area contributed by atoms with E-state index in [0.29, 0.717) is 22.6 Å². The summed E-state index contributed by atoms with van der Waals surface area (Å²) in [6.45, 7) is 10.6. The van der Waals surface area contributed by atoms with Crippen LogP contribution in [0, 0.1) is 0 Å². The van der Waals surface area contributed by atoms with Gasteiger partial charge in [0.05, 0.1) is 7.11 Å². The minimum absolute atomic E-state index is 0.0636. The van der Waals surface area contributed by atoms with Gasteiger partial charge >= 0.3 is 11.9 Å². The van der Waals surface area contributed by atoms with Gasteiger partial charge in [0.15, 0.2) is 11.5 Å². The van der Waals surface area contributed by atoms with E-state index in [1.54, 1.807) is 27.0 Å². The number of hydrogen-bond acceptors (Lipinski definition) is 7. The van der Waals surface area contributed by atoms with Crippen LogP contribution in [0.4, 0.5) is 0 Å². The predicted molar refractivity (Wildman–Crippen MR) is 121 cm³/mol. The zero-order valence-corrected chi connectivity index (χ0v) is 18.6. The first kappa shape index (κ1) is 24.5. The lowest BCUT2D eigenvalue weighted by Crippen LogP contribution is -2.14. The lowest BCUT2D eigenvalue weighted by molar-refractivity contribution is -0.140. The van der Waals surface area contributed by atoms with Gasteiger partial charge in [-0.05, 0) is 49.2 Å². The monoisotopic (exact) mass is 440 g/mol. The molecule has 0 fully saturated rings. The molecule has 0 atom stereocenters. The molecule has 7 nitrogen and oxygen atoms in total. The highest BCUT2D eigenvalue weighted by Crippen LogP contribution is 2.33. The van der Waals surface area contributed by atoms with Crippen molar-refractivity contribution in [2.45, 2.75) is 13.8 Å². The number of ether oxygens (including phenoxy) is 5. The maximum atomic E-state index is 11.5. The van der Waals surface area contributed by atoms with Gasteiger partial charge in [-0.2, -0.15) is 0 Å². The number of hydrogen-bond donors (Lipinski definition) is 0. The first-order valence-electron chi connectivity index (χ1n) is 10.0. The second kappa shape index (κ2) is 12.2. The average Bonchev–Trinajstić information content (AvgIpc) is 2.79. The standard InChI is InChI=1S/C25H28O7/c1-17(2)24(26)31-14-12-29-22-11-8-20(19-6-9-21(28-5)10-7-19)16-23(22)30-13-15-32-25(27)18(3)4/h6-11,16H,1,3,12-15H2,2,4-5H3. The van der Waals surface area contributed by atoms with Crippen LogP contribution in [0.2, 0.25) is 0 Å². The fourth-order valence-electron chi connectivity index (χ4n) is 2.52. The Kier molecular flexibility index (Phi) is 9.35. The van der Waals surface area contributed by atoms with Crippen LogP contribution in [-0.4, -0.2) is 45.5 Å². The molecule has 32 heavy (non-hydrogen) atoms. The minimum Gasteiger partial charge on any atom is -0.497 e. The maximum Gasteiger partial charge on any atom is 0.333 e. The molecule has 0 aliphatic carbocycles. The van der Waals surface area contributed by atoms with Gasteiger partial charge in [-0.15, -0.1) is 0 Å². The largest absolute Gasteiger partial charge is 0.497 e. The van der Waals surface area contributed by atoms with Crippen molar-refractivity contribution < 1.29 is 33.3 Å². The van der Waals surface area contributed by atoms with Gasteiger partial charge in [-0.3, -0.25) is 0 Å². The first-order chi connectivity index (χ1) is 15.3. The molecule has 170 valence electrons. The average molecular weight is 440 g/mol. The van der Waals surface area contributed by atoms with Crippen molar-refractivity contribution in [1.29, 1.82) is 0 Å². The van der Waals surface area contributed by atoms with Gasteiger partial charge in [0.2, 0.25) is 0 Å². The molecule has 0 unspecified atom stereocenters. The van der Waals surface area contributed by atoms with Crippen LogP contribution < -0.4 is 14.2 Å². The number of benzene rings is 2.